The van der Waals surface area contributed by atoms with Gasteiger partial charge in [0, 0.05) is 0 Å². The Bertz CT molecular complexity index is 1020. The van der Waals surface area contributed by atoms with Crippen molar-refractivity contribution in [1.82, 2.24) is 0 Å². The van der Waals surface area contributed by atoms with Crippen LogP contribution >= 0.6 is 0 Å². The summed E-state index contributed by atoms with van der Waals surface area (Å²) in [5, 5.41) is 0. The number of fused-ring (bicyclic) bond motifs is 3. The van der Waals surface area contributed by atoms with Crippen LogP contribution in [0.4, 0.5) is 0 Å². The maximum absolute atomic E-state index is 2.80. The van der Waals surface area contributed by atoms with Crippen LogP contribution in [-0.2, 0) is 0 Å². The summed E-state index contributed by atoms with van der Waals surface area (Å²) in [5.41, 5.74) is 3.64. The molecule has 0 radical (unpaired) electrons. The quantitative estimate of drug-likeness (QED) is 0.0984. The van der Waals surface area contributed by atoms with Gasteiger partial charge in [0.1, 0.15) is 0 Å². The van der Waals surface area contributed by atoms with Gasteiger partial charge < -0.3 is 0 Å². The molecule has 5 aliphatic rings. The maximum atomic E-state index is 2.80. The summed E-state index contributed by atoms with van der Waals surface area (Å²) < 4.78 is 0. The van der Waals surface area contributed by atoms with Gasteiger partial charge in [-0.15, -0.1) is 0 Å². The summed E-state index contributed by atoms with van der Waals surface area (Å²) in [5.74, 6) is 14.5. The molecule has 5 rings (SSSR count). The number of hydrogen-bond donors (Lipinski definition) is 0. The van der Waals surface area contributed by atoms with E-state index in [-0.39, 0.29) is 0 Å². The van der Waals surface area contributed by atoms with Crippen LogP contribution < -0.4 is 0 Å². The Morgan fingerprint density at radius 3 is 2.00 bits per heavy atom. The summed E-state index contributed by atoms with van der Waals surface area (Å²) >= 11 is 0. The van der Waals surface area contributed by atoms with Gasteiger partial charge in [-0.25, -0.2) is 0 Å². The minimum absolute atomic E-state index is 0.840. The molecule has 0 heterocycles. The molecule has 0 spiro atoms. The van der Waals surface area contributed by atoms with Crippen LogP contribution in [-0.4, -0.2) is 0 Å². The molecule has 0 amide bonds. The summed E-state index contributed by atoms with van der Waals surface area (Å²) in [6.45, 7) is 23.6. The van der Waals surface area contributed by atoms with Gasteiger partial charge in [-0.05, 0) is 166 Å². The molecule has 15 unspecified atom stereocenters. The van der Waals surface area contributed by atoms with Crippen LogP contribution in [0.3, 0.4) is 0 Å². The summed E-state index contributed by atoms with van der Waals surface area (Å²) in [6.07, 6.45) is 37.1. The fraction of sp³-hybridized carbons (Fsp3) is 0.961. The highest BCUT2D eigenvalue weighted by Crippen LogP contribution is 2.58. The first-order valence-corrected chi connectivity index (χ1v) is 24.4. The Hall–Kier alpha value is -0.260. The van der Waals surface area contributed by atoms with Crippen molar-refractivity contribution in [2.45, 2.75) is 223 Å². The minimum atomic E-state index is 0.840. The van der Waals surface area contributed by atoms with Crippen LogP contribution in [0.1, 0.15) is 223 Å². The molecule has 0 nitrogen and oxygen atoms in total. The molecular formula is C51H92. The highest BCUT2D eigenvalue weighted by molar-refractivity contribution is 5.16. The number of unbranched alkanes of at least 4 members (excludes halogenated alkanes) is 2. The molecule has 51 heavy (non-hydrogen) atoms. The van der Waals surface area contributed by atoms with Crippen molar-refractivity contribution in [2.24, 2.45) is 88.8 Å². The van der Waals surface area contributed by atoms with Gasteiger partial charge in [-0.2, -0.15) is 0 Å². The van der Waals surface area contributed by atoms with Crippen LogP contribution in [0, 0.1) is 88.8 Å². The van der Waals surface area contributed by atoms with E-state index in [1.165, 1.54) is 128 Å². The SMILES string of the molecule is CCCCCC(CC)CCC1C(C)C(C(C)CCC(CC)C2CC3CCCCC3C3CCCCC23)C(C)C(CC)C1C(C)CC1=C(C)CCCC1. The zero-order valence-electron chi connectivity index (χ0n) is 36.3. The Balaban J connectivity index is 1.32. The van der Waals surface area contributed by atoms with Gasteiger partial charge >= 0.3 is 0 Å². The fourth-order valence-electron chi connectivity index (χ4n) is 15.4. The van der Waals surface area contributed by atoms with Crippen molar-refractivity contribution < 1.29 is 0 Å². The Morgan fingerprint density at radius 1 is 0.627 bits per heavy atom. The molecule has 15 atom stereocenters. The van der Waals surface area contributed by atoms with Gasteiger partial charge in [0.25, 0.3) is 0 Å². The van der Waals surface area contributed by atoms with Crippen LogP contribution in [0.15, 0.2) is 11.1 Å². The molecule has 0 aromatic carbocycles. The van der Waals surface area contributed by atoms with E-state index >= 15 is 0 Å². The van der Waals surface area contributed by atoms with Crippen molar-refractivity contribution in [3.63, 3.8) is 0 Å². The zero-order valence-corrected chi connectivity index (χ0v) is 36.3. The topological polar surface area (TPSA) is 0 Å². The molecule has 4 fully saturated rings. The molecule has 4 saturated carbocycles. The molecule has 5 aliphatic carbocycles. The fourth-order valence-corrected chi connectivity index (χ4v) is 15.4. The van der Waals surface area contributed by atoms with Crippen LogP contribution in [0.25, 0.3) is 0 Å². The van der Waals surface area contributed by atoms with E-state index in [1.807, 2.05) is 5.57 Å². The van der Waals surface area contributed by atoms with E-state index in [0.29, 0.717) is 0 Å². The molecule has 0 aromatic rings. The summed E-state index contributed by atoms with van der Waals surface area (Å²) in [7, 11) is 0. The van der Waals surface area contributed by atoms with E-state index in [2.05, 4.69) is 62.3 Å². The molecule has 296 valence electrons. The van der Waals surface area contributed by atoms with E-state index < -0.39 is 0 Å². The molecule has 0 heteroatoms. The molecular weight excluding hydrogens is 613 g/mol. The maximum Gasteiger partial charge on any atom is -0.0289 e. The predicted molar refractivity (Wildman–Crippen MR) is 226 cm³/mol. The number of hydrogen-bond acceptors (Lipinski definition) is 0. The van der Waals surface area contributed by atoms with Crippen molar-refractivity contribution in [2.75, 3.05) is 0 Å². The number of rotatable bonds is 18. The van der Waals surface area contributed by atoms with Crippen molar-refractivity contribution in [3.05, 3.63) is 11.1 Å². The Kier molecular flexibility index (Phi) is 16.9. The van der Waals surface area contributed by atoms with Crippen LogP contribution in [0.5, 0.6) is 0 Å². The molecule has 0 bridgehead atoms. The van der Waals surface area contributed by atoms with Crippen LogP contribution in [0.2, 0.25) is 0 Å². The second kappa shape index (κ2) is 20.6. The van der Waals surface area contributed by atoms with Gasteiger partial charge in [-0.3, -0.25) is 0 Å². The normalized spacial score (nSPS) is 38.4. The van der Waals surface area contributed by atoms with Crippen molar-refractivity contribution >= 4 is 0 Å². The van der Waals surface area contributed by atoms with E-state index in [1.54, 1.807) is 37.7 Å². The second-order valence-electron chi connectivity index (χ2n) is 20.7. The summed E-state index contributed by atoms with van der Waals surface area (Å²) in [6, 6.07) is 0. The molecule has 0 N–H and O–H groups in total. The van der Waals surface area contributed by atoms with E-state index in [0.717, 1.165) is 88.8 Å². The largest absolute Gasteiger partial charge is 0.0741 e. The summed E-state index contributed by atoms with van der Waals surface area (Å²) in [4.78, 5) is 0. The standard InChI is InChI=1S/C51H92/c1-10-14-15-23-40(11-2)30-32-45-39(9)50(38(8)44(13-4)51(45)37(7)33-42-24-17-16-22-35(42)5)36(6)29-31-41(12-3)49-34-43-25-18-19-26-46(43)47-27-20-21-28-48(47)49/h36-41,43-51H,10-34H2,1-9H3. The predicted octanol–water partition coefficient (Wildman–Crippen LogP) is 16.5. The van der Waals surface area contributed by atoms with E-state index in [9.17, 15) is 0 Å². The first-order chi connectivity index (χ1) is 24.7. The monoisotopic (exact) mass is 705 g/mol. The third kappa shape index (κ3) is 10.1. The molecule has 0 aromatic heterocycles. The van der Waals surface area contributed by atoms with Crippen molar-refractivity contribution in [1.29, 1.82) is 0 Å². The third-order valence-electron chi connectivity index (χ3n) is 18.1. The van der Waals surface area contributed by atoms with Gasteiger partial charge in [0.05, 0.1) is 0 Å². The molecule has 0 aliphatic heterocycles. The lowest BCUT2D eigenvalue weighted by atomic mass is 9.50. The lowest BCUT2D eigenvalue weighted by molar-refractivity contribution is -0.0635. The first-order valence-electron chi connectivity index (χ1n) is 24.4. The first kappa shape index (κ1) is 41.9. The van der Waals surface area contributed by atoms with Gasteiger partial charge in [-0.1, -0.05) is 156 Å². The average Bonchev–Trinajstić information content (AvgIpc) is 3.14. The highest BCUT2D eigenvalue weighted by Gasteiger charge is 2.50. The number of allylic oxidation sites excluding steroid dienone is 2. The average molecular weight is 705 g/mol. The van der Waals surface area contributed by atoms with Gasteiger partial charge in [0.2, 0.25) is 0 Å². The lowest BCUT2D eigenvalue weighted by Crippen LogP contribution is -2.49. The Morgan fingerprint density at radius 2 is 1.31 bits per heavy atom. The minimum Gasteiger partial charge on any atom is -0.0741 e. The zero-order chi connectivity index (χ0) is 36.5. The van der Waals surface area contributed by atoms with Crippen molar-refractivity contribution in [3.8, 4) is 0 Å². The smallest absolute Gasteiger partial charge is 0.0289 e. The third-order valence-corrected chi connectivity index (χ3v) is 18.1. The van der Waals surface area contributed by atoms with Gasteiger partial charge in [0.15, 0.2) is 0 Å². The Labute approximate surface area is 321 Å². The molecule has 0 saturated heterocycles. The van der Waals surface area contributed by atoms with E-state index in [4.69, 9.17) is 0 Å². The lowest BCUT2D eigenvalue weighted by Gasteiger charge is -2.55. The second-order valence-corrected chi connectivity index (χ2v) is 20.7. The highest BCUT2D eigenvalue weighted by atomic mass is 14.6.